The predicted octanol–water partition coefficient (Wildman–Crippen LogP) is 2.67. The second-order valence-corrected chi connectivity index (χ2v) is 5.15. The van der Waals surface area contributed by atoms with Gasteiger partial charge in [-0.05, 0) is 42.8 Å². The highest BCUT2D eigenvalue weighted by atomic mass is 16.5. The Morgan fingerprint density at radius 2 is 2.16 bits per heavy atom. The molecule has 1 N–H and O–H groups in total. The van der Waals surface area contributed by atoms with Gasteiger partial charge in [-0.15, -0.1) is 0 Å². The molecule has 2 rings (SSSR count). The molecule has 6 heteroatoms. The molecule has 0 amide bonds. The number of ether oxygens (including phenoxy) is 2. The molecule has 1 aromatic heterocycles. The highest BCUT2D eigenvalue weighted by Crippen LogP contribution is 2.14. The van der Waals surface area contributed by atoms with E-state index >= 15 is 0 Å². The lowest BCUT2D eigenvalue weighted by Gasteiger charge is -2.06. The van der Waals surface area contributed by atoms with Gasteiger partial charge in [-0.2, -0.15) is 4.73 Å². The number of hydrogen-bond donors (Lipinski definition) is 1. The Hall–Kier alpha value is -3.02. The van der Waals surface area contributed by atoms with E-state index in [2.05, 4.69) is 4.99 Å². The normalized spacial score (nSPS) is 11.6. The molecule has 0 radical (unpaired) electrons. The summed E-state index contributed by atoms with van der Waals surface area (Å²) in [6, 6.07) is 12.7. The number of carbonyl (C=O) groups is 1. The molecule has 0 aliphatic heterocycles. The van der Waals surface area contributed by atoms with Gasteiger partial charge in [-0.3, -0.25) is 4.99 Å². The Morgan fingerprint density at radius 3 is 2.96 bits per heavy atom. The van der Waals surface area contributed by atoms with E-state index in [1.165, 1.54) is 12.3 Å². The van der Waals surface area contributed by atoms with Crippen LogP contribution in [0, 0.1) is 0 Å². The summed E-state index contributed by atoms with van der Waals surface area (Å²) >= 11 is 0. The topological polar surface area (TPSA) is 73.0 Å². The van der Waals surface area contributed by atoms with Crippen molar-refractivity contribution in [2.24, 2.45) is 4.99 Å². The molecular formula is C19H22N2O4. The zero-order valence-corrected chi connectivity index (χ0v) is 14.2. The Balaban J connectivity index is 1.81. The van der Waals surface area contributed by atoms with Gasteiger partial charge >= 0.3 is 5.97 Å². The van der Waals surface area contributed by atoms with Crippen molar-refractivity contribution in [3.63, 3.8) is 0 Å². The molecule has 0 bridgehead atoms. The van der Waals surface area contributed by atoms with E-state index in [4.69, 9.17) is 9.47 Å². The van der Waals surface area contributed by atoms with Gasteiger partial charge in [0.15, 0.2) is 5.49 Å². The predicted molar refractivity (Wildman–Crippen MR) is 94.3 cm³/mol. The zero-order chi connectivity index (χ0) is 17.9. The van der Waals surface area contributed by atoms with Crippen LogP contribution in [0.5, 0.6) is 5.75 Å². The minimum atomic E-state index is -0.363. The molecule has 1 heterocycles. The molecular weight excluding hydrogens is 320 g/mol. The highest BCUT2D eigenvalue weighted by molar-refractivity contribution is 5.87. The highest BCUT2D eigenvalue weighted by Gasteiger charge is 1.97. The summed E-state index contributed by atoms with van der Waals surface area (Å²) in [5.41, 5.74) is 1.37. The van der Waals surface area contributed by atoms with E-state index in [0.717, 1.165) is 22.5 Å². The first-order valence-corrected chi connectivity index (χ1v) is 8.14. The van der Waals surface area contributed by atoms with Crippen LogP contribution in [-0.4, -0.2) is 35.7 Å². The Labute approximate surface area is 146 Å². The fourth-order valence-corrected chi connectivity index (χ4v) is 2.06. The minimum Gasteiger partial charge on any atom is -0.494 e. The van der Waals surface area contributed by atoms with Crippen molar-refractivity contribution >= 4 is 12.0 Å². The summed E-state index contributed by atoms with van der Waals surface area (Å²) < 4.78 is 11.5. The molecule has 1 aromatic carbocycles. The molecule has 0 saturated carbocycles. The standard InChI is InChI=1S/C19H22N2O4/c1-2-24-19(22)11-10-16-7-5-8-17(15-16)25-14-6-12-20-18-9-3-4-13-21(18)23/h3-5,7-11,13,15,23H,2,6,12,14H2,1H3. The average molecular weight is 342 g/mol. The maximum Gasteiger partial charge on any atom is 0.330 e. The first-order chi connectivity index (χ1) is 12.2. The third-order valence-electron chi connectivity index (χ3n) is 3.22. The summed E-state index contributed by atoms with van der Waals surface area (Å²) in [4.78, 5) is 15.6. The van der Waals surface area contributed by atoms with Crippen molar-refractivity contribution in [3.8, 4) is 5.75 Å². The molecule has 6 nitrogen and oxygen atoms in total. The van der Waals surface area contributed by atoms with Crippen molar-refractivity contribution in [2.45, 2.75) is 13.3 Å². The van der Waals surface area contributed by atoms with Crippen LogP contribution < -0.4 is 10.2 Å². The largest absolute Gasteiger partial charge is 0.494 e. The van der Waals surface area contributed by atoms with E-state index in [1.54, 1.807) is 25.1 Å². The van der Waals surface area contributed by atoms with Crippen LogP contribution in [0.3, 0.4) is 0 Å². The summed E-state index contributed by atoms with van der Waals surface area (Å²) in [7, 11) is 0. The van der Waals surface area contributed by atoms with Crippen LogP contribution in [-0.2, 0) is 9.53 Å². The number of pyridine rings is 1. The summed E-state index contributed by atoms with van der Waals surface area (Å²) in [5.74, 6) is 0.361. The lowest BCUT2D eigenvalue weighted by Crippen LogP contribution is -2.17. The van der Waals surface area contributed by atoms with Gasteiger partial charge < -0.3 is 14.7 Å². The van der Waals surface area contributed by atoms with Gasteiger partial charge in [0.25, 0.3) is 0 Å². The van der Waals surface area contributed by atoms with Crippen LogP contribution in [0.1, 0.15) is 18.9 Å². The second kappa shape index (κ2) is 9.97. The van der Waals surface area contributed by atoms with Gasteiger partial charge in [-0.1, -0.05) is 18.2 Å². The first-order valence-electron chi connectivity index (χ1n) is 8.14. The van der Waals surface area contributed by atoms with Crippen LogP contribution in [0.4, 0.5) is 0 Å². The van der Waals surface area contributed by atoms with Gasteiger partial charge in [0, 0.05) is 25.2 Å². The molecule has 0 saturated heterocycles. The average Bonchev–Trinajstić information content (AvgIpc) is 2.62. The van der Waals surface area contributed by atoms with E-state index in [-0.39, 0.29) is 5.97 Å². The maximum absolute atomic E-state index is 11.3. The van der Waals surface area contributed by atoms with Crippen LogP contribution in [0.15, 0.2) is 59.7 Å². The number of nitrogens with zero attached hydrogens (tertiary/aromatic N) is 2. The molecule has 0 aliphatic rings. The zero-order valence-electron chi connectivity index (χ0n) is 14.2. The molecule has 0 unspecified atom stereocenters. The van der Waals surface area contributed by atoms with Crippen molar-refractivity contribution in [2.75, 3.05) is 19.8 Å². The third-order valence-corrected chi connectivity index (χ3v) is 3.22. The summed E-state index contributed by atoms with van der Waals surface area (Å²) in [6.45, 7) is 3.18. The Kier molecular flexibility index (Phi) is 7.31. The maximum atomic E-state index is 11.3. The van der Waals surface area contributed by atoms with Crippen molar-refractivity contribution in [1.82, 2.24) is 4.73 Å². The fraction of sp³-hybridized carbons (Fsp3) is 0.263. The SMILES string of the molecule is CCOC(=O)C=Cc1cccc(OCCCN=c2ccccn2O)c1. The minimum absolute atomic E-state index is 0.358. The summed E-state index contributed by atoms with van der Waals surface area (Å²) in [5, 5.41) is 9.55. The van der Waals surface area contributed by atoms with Gasteiger partial charge in [0.1, 0.15) is 5.75 Å². The number of rotatable bonds is 8. The number of carbonyl (C=O) groups excluding carboxylic acids is 1. The lowest BCUT2D eigenvalue weighted by atomic mass is 10.2. The molecule has 0 atom stereocenters. The Morgan fingerprint density at radius 1 is 1.28 bits per heavy atom. The van der Waals surface area contributed by atoms with E-state index in [0.29, 0.717) is 25.2 Å². The molecule has 25 heavy (non-hydrogen) atoms. The number of aromatic nitrogens is 1. The fourth-order valence-electron chi connectivity index (χ4n) is 2.06. The smallest absolute Gasteiger partial charge is 0.330 e. The second-order valence-electron chi connectivity index (χ2n) is 5.15. The van der Waals surface area contributed by atoms with Crippen molar-refractivity contribution in [1.29, 1.82) is 0 Å². The van der Waals surface area contributed by atoms with Crippen molar-refractivity contribution < 1.29 is 19.5 Å². The van der Waals surface area contributed by atoms with E-state index in [1.807, 2.05) is 30.3 Å². The van der Waals surface area contributed by atoms with Gasteiger partial charge in [0.05, 0.1) is 13.2 Å². The van der Waals surface area contributed by atoms with Crippen LogP contribution in [0.2, 0.25) is 0 Å². The molecule has 132 valence electrons. The molecule has 0 fully saturated rings. The van der Waals surface area contributed by atoms with Gasteiger partial charge in [0.2, 0.25) is 0 Å². The monoisotopic (exact) mass is 342 g/mol. The van der Waals surface area contributed by atoms with E-state index in [9.17, 15) is 10.0 Å². The molecule has 2 aromatic rings. The van der Waals surface area contributed by atoms with Gasteiger partial charge in [-0.25, -0.2) is 4.79 Å². The van der Waals surface area contributed by atoms with E-state index < -0.39 is 0 Å². The molecule has 0 aliphatic carbocycles. The number of esters is 1. The molecule has 0 spiro atoms. The quantitative estimate of drug-likeness (QED) is 0.346. The lowest BCUT2D eigenvalue weighted by molar-refractivity contribution is -0.137. The van der Waals surface area contributed by atoms with Crippen LogP contribution in [0.25, 0.3) is 6.08 Å². The first kappa shape index (κ1) is 18.3. The third kappa shape index (κ3) is 6.55. The number of benzene rings is 1. The van der Waals surface area contributed by atoms with Crippen molar-refractivity contribution in [3.05, 3.63) is 65.8 Å². The Bertz CT molecular complexity index is 781. The summed E-state index contributed by atoms with van der Waals surface area (Å²) in [6.07, 6.45) is 5.34. The number of hydrogen-bond acceptors (Lipinski definition) is 5. The van der Waals surface area contributed by atoms with Crippen LogP contribution >= 0.6 is 0 Å².